The molecule has 2 fully saturated rings. The summed E-state index contributed by atoms with van der Waals surface area (Å²) < 4.78 is 16.4. The Kier molecular flexibility index (Phi) is 4.78. The van der Waals surface area contributed by atoms with Gasteiger partial charge >= 0.3 is 11.9 Å². The molecule has 1 N–H and O–H groups in total. The van der Waals surface area contributed by atoms with Crippen molar-refractivity contribution >= 4 is 23.5 Å². The molecule has 6 atom stereocenters. The molecule has 8 nitrogen and oxygen atoms in total. The molecule has 0 bridgehead atoms. The lowest BCUT2D eigenvalue weighted by atomic mass is 9.54. The topological polar surface area (TPSA) is 116 Å². The number of fused-ring (bicyclic) bond motifs is 4. The monoisotopic (exact) mass is 418 g/mol. The summed E-state index contributed by atoms with van der Waals surface area (Å²) >= 11 is 0. The molecule has 1 aliphatic heterocycles. The van der Waals surface area contributed by atoms with Gasteiger partial charge in [0.15, 0.2) is 11.9 Å². The van der Waals surface area contributed by atoms with E-state index in [4.69, 9.17) is 14.2 Å². The maximum atomic E-state index is 13.3. The number of aliphatic hydroxyl groups is 1. The van der Waals surface area contributed by atoms with Crippen LogP contribution in [0.5, 0.6) is 0 Å². The Labute approximate surface area is 174 Å². The van der Waals surface area contributed by atoms with Gasteiger partial charge in [-0.3, -0.25) is 14.4 Å². The zero-order valence-electron chi connectivity index (χ0n) is 17.5. The molecule has 162 valence electrons. The van der Waals surface area contributed by atoms with Crippen LogP contribution in [-0.2, 0) is 33.4 Å². The highest BCUT2D eigenvalue weighted by molar-refractivity contribution is 6.10. The Morgan fingerprint density at radius 2 is 2.00 bits per heavy atom. The Bertz CT molecular complexity index is 914. The van der Waals surface area contributed by atoms with Gasteiger partial charge in [-0.2, -0.15) is 0 Å². The van der Waals surface area contributed by atoms with Crippen LogP contribution in [0.2, 0.25) is 0 Å². The third-order valence-electron chi connectivity index (χ3n) is 7.39. The summed E-state index contributed by atoms with van der Waals surface area (Å²) in [5, 5.41) is 10.6. The van der Waals surface area contributed by atoms with Crippen LogP contribution in [0.3, 0.4) is 0 Å². The van der Waals surface area contributed by atoms with E-state index < -0.39 is 41.1 Å². The van der Waals surface area contributed by atoms with Gasteiger partial charge in [-0.15, -0.1) is 0 Å². The van der Waals surface area contributed by atoms with Gasteiger partial charge < -0.3 is 19.3 Å². The van der Waals surface area contributed by atoms with Crippen molar-refractivity contribution in [2.75, 3.05) is 13.7 Å². The fourth-order valence-corrected chi connectivity index (χ4v) is 5.91. The van der Waals surface area contributed by atoms with E-state index in [1.165, 1.54) is 20.1 Å². The second kappa shape index (κ2) is 6.85. The molecule has 0 amide bonds. The zero-order chi connectivity index (χ0) is 22.0. The van der Waals surface area contributed by atoms with Crippen LogP contribution in [0.1, 0.15) is 40.0 Å². The standard InChI is InChI=1S/C22H26O8/c1-10(23)29-14-8-21(2)11(5-6-15(21)25)17-13(24)7-12-19(26)20(27)30-16(9-28-4)22(12,3)18(14)17/h7,11,14,16,19,26H,5-6,8-9H2,1-4H3. The average molecular weight is 418 g/mol. The van der Waals surface area contributed by atoms with Crippen molar-refractivity contribution in [2.24, 2.45) is 16.7 Å². The fourth-order valence-electron chi connectivity index (χ4n) is 5.91. The highest BCUT2D eigenvalue weighted by atomic mass is 16.6. The number of cyclic esters (lactones) is 1. The third kappa shape index (κ3) is 2.66. The van der Waals surface area contributed by atoms with Gasteiger partial charge in [-0.25, -0.2) is 4.79 Å². The Morgan fingerprint density at radius 3 is 2.63 bits per heavy atom. The molecule has 30 heavy (non-hydrogen) atoms. The Morgan fingerprint density at radius 1 is 1.30 bits per heavy atom. The number of carbonyl (C=O) groups is 4. The van der Waals surface area contributed by atoms with Crippen LogP contribution < -0.4 is 0 Å². The normalized spacial score (nSPS) is 40.3. The van der Waals surface area contributed by atoms with E-state index in [1.807, 2.05) is 6.92 Å². The van der Waals surface area contributed by atoms with E-state index in [1.54, 1.807) is 6.92 Å². The third-order valence-corrected chi connectivity index (χ3v) is 7.39. The lowest BCUT2D eigenvalue weighted by Gasteiger charge is -2.53. The predicted molar refractivity (Wildman–Crippen MR) is 102 cm³/mol. The van der Waals surface area contributed by atoms with Crippen molar-refractivity contribution in [1.29, 1.82) is 0 Å². The van der Waals surface area contributed by atoms with E-state index in [-0.39, 0.29) is 36.1 Å². The van der Waals surface area contributed by atoms with Crippen molar-refractivity contribution in [3.8, 4) is 0 Å². The molecule has 0 radical (unpaired) electrons. The molecule has 0 aromatic rings. The highest BCUT2D eigenvalue weighted by Crippen LogP contribution is 2.60. The molecule has 6 unspecified atom stereocenters. The zero-order valence-corrected chi connectivity index (χ0v) is 17.5. The average Bonchev–Trinajstić information content (AvgIpc) is 2.95. The highest BCUT2D eigenvalue weighted by Gasteiger charge is 2.63. The number of ether oxygens (including phenoxy) is 3. The maximum Gasteiger partial charge on any atom is 0.339 e. The second-order valence-corrected chi connectivity index (χ2v) is 9.01. The molecule has 3 aliphatic carbocycles. The van der Waals surface area contributed by atoms with Gasteiger partial charge in [0, 0.05) is 43.8 Å². The molecule has 4 rings (SSSR count). The number of methoxy groups -OCH3 is 1. The van der Waals surface area contributed by atoms with E-state index in [2.05, 4.69) is 0 Å². The van der Waals surface area contributed by atoms with Crippen molar-refractivity contribution in [1.82, 2.24) is 0 Å². The molecule has 1 heterocycles. The molecule has 8 heteroatoms. The predicted octanol–water partition coefficient (Wildman–Crippen LogP) is 1.05. The largest absolute Gasteiger partial charge is 0.458 e. The smallest absolute Gasteiger partial charge is 0.339 e. The molecule has 0 aromatic carbocycles. The molecule has 1 saturated carbocycles. The first-order valence-corrected chi connectivity index (χ1v) is 10.1. The minimum atomic E-state index is -1.60. The van der Waals surface area contributed by atoms with Gasteiger partial charge in [0.05, 0.1) is 12.0 Å². The van der Waals surface area contributed by atoms with Gasteiger partial charge in [0.1, 0.15) is 18.0 Å². The van der Waals surface area contributed by atoms with Crippen LogP contribution in [0.4, 0.5) is 0 Å². The lowest BCUT2D eigenvalue weighted by Crippen LogP contribution is -2.58. The van der Waals surface area contributed by atoms with Crippen LogP contribution in [0.25, 0.3) is 0 Å². The van der Waals surface area contributed by atoms with Gasteiger partial charge in [-0.05, 0) is 30.6 Å². The summed E-state index contributed by atoms with van der Waals surface area (Å²) in [5.41, 5.74) is -0.726. The first kappa shape index (κ1) is 20.9. The second-order valence-electron chi connectivity index (χ2n) is 9.01. The molecule has 0 spiro atoms. The van der Waals surface area contributed by atoms with Crippen LogP contribution in [0.15, 0.2) is 22.8 Å². The van der Waals surface area contributed by atoms with Crippen LogP contribution >= 0.6 is 0 Å². The number of esters is 2. The summed E-state index contributed by atoms with van der Waals surface area (Å²) in [6, 6.07) is 0. The van der Waals surface area contributed by atoms with Gasteiger partial charge in [0.2, 0.25) is 0 Å². The lowest BCUT2D eigenvalue weighted by molar-refractivity contribution is -0.176. The van der Waals surface area contributed by atoms with Crippen LogP contribution in [0, 0.1) is 16.7 Å². The van der Waals surface area contributed by atoms with Crippen molar-refractivity contribution < 1.29 is 38.5 Å². The molecular weight excluding hydrogens is 392 g/mol. The summed E-state index contributed by atoms with van der Waals surface area (Å²) in [4.78, 5) is 50.2. The molecule has 0 aromatic heterocycles. The number of ketones is 2. The first-order chi connectivity index (χ1) is 14.1. The number of aliphatic hydroxyl groups excluding tert-OH is 1. The fraction of sp³-hybridized carbons (Fsp3) is 0.636. The number of hydrogen-bond donors (Lipinski definition) is 1. The van der Waals surface area contributed by atoms with Gasteiger partial charge in [-0.1, -0.05) is 6.92 Å². The molecular formula is C22H26O8. The van der Waals surface area contributed by atoms with Crippen LogP contribution in [-0.4, -0.2) is 60.6 Å². The number of rotatable bonds is 3. The first-order valence-electron chi connectivity index (χ1n) is 10.1. The van der Waals surface area contributed by atoms with E-state index in [9.17, 15) is 24.3 Å². The summed E-state index contributed by atoms with van der Waals surface area (Å²) in [6.45, 7) is 4.91. The van der Waals surface area contributed by atoms with Crippen molar-refractivity contribution in [3.63, 3.8) is 0 Å². The van der Waals surface area contributed by atoms with E-state index >= 15 is 0 Å². The molecule has 1 saturated heterocycles. The van der Waals surface area contributed by atoms with Crippen molar-refractivity contribution in [2.45, 2.75) is 58.3 Å². The minimum absolute atomic E-state index is 0.0327. The minimum Gasteiger partial charge on any atom is -0.458 e. The SMILES string of the molecule is COCC1OC(=O)C(O)C2=CC(=O)C3=C(C(OC(C)=O)CC4(C)C(=O)CCC34)C21C. The number of allylic oxidation sites excluding steroid dienone is 2. The van der Waals surface area contributed by atoms with E-state index in [0.29, 0.717) is 24.0 Å². The number of carbonyl (C=O) groups excluding carboxylic acids is 4. The van der Waals surface area contributed by atoms with E-state index in [0.717, 1.165) is 0 Å². The van der Waals surface area contributed by atoms with Gasteiger partial charge in [0.25, 0.3) is 0 Å². The summed E-state index contributed by atoms with van der Waals surface area (Å²) in [5.74, 6) is -2.01. The maximum absolute atomic E-state index is 13.3. The summed E-state index contributed by atoms with van der Waals surface area (Å²) in [7, 11) is 1.46. The molecule has 4 aliphatic rings. The Hall–Kier alpha value is -2.32. The number of hydrogen-bond acceptors (Lipinski definition) is 8. The summed E-state index contributed by atoms with van der Waals surface area (Å²) in [6.07, 6.45) is -0.837. The number of Topliss-reactive ketones (excluding diaryl/α,β-unsaturated/α-hetero) is 1. The van der Waals surface area contributed by atoms with Crippen molar-refractivity contribution in [3.05, 3.63) is 22.8 Å². The quantitative estimate of drug-likeness (QED) is 0.676. The Balaban J connectivity index is 1.97.